The largest absolute Gasteiger partial charge is 0.454 e. The molecule has 2 aromatic rings. The first-order chi connectivity index (χ1) is 14.8. The van der Waals surface area contributed by atoms with Gasteiger partial charge in [-0.15, -0.1) is 0 Å². The van der Waals surface area contributed by atoms with Gasteiger partial charge in [-0.1, -0.05) is 32.9 Å². The molecule has 4 rings (SSSR count). The summed E-state index contributed by atoms with van der Waals surface area (Å²) in [4.78, 5) is 16.0. The number of rotatable bonds is 5. The molecule has 0 saturated carbocycles. The van der Waals surface area contributed by atoms with Crippen molar-refractivity contribution in [1.82, 2.24) is 5.32 Å². The first kappa shape index (κ1) is 21.7. The molecule has 3 N–H and O–H groups in total. The Labute approximate surface area is 185 Å². The first-order valence-electron chi connectivity index (χ1n) is 11.3. The van der Waals surface area contributed by atoms with E-state index in [0.717, 1.165) is 37.7 Å². The molecule has 0 aromatic heterocycles. The number of carbonyl (C=O) groups excluding carboxylic acids is 1. The molecule has 2 aliphatic heterocycles. The minimum atomic E-state index is -0.0228. The van der Waals surface area contributed by atoms with Crippen LogP contribution in [0.1, 0.15) is 48.3 Å². The lowest BCUT2D eigenvalue weighted by atomic mass is 9.87. The molecule has 0 radical (unpaired) electrons. The van der Waals surface area contributed by atoms with Gasteiger partial charge >= 0.3 is 0 Å². The highest BCUT2D eigenvalue weighted by Crippen LogP contribution is 2.33. The predicted molar refractivity (Wildman–Crippen MR) is 120 cm³/mol. The summed E-state index contributed by atoms with van der Waals surface area (Å²) < 4.78 is 11.1. The number of quaternary nitrogens is 2. The minimum absolute atomic E-state index is 0.0228. The lowest BCUT2D eigenvalue weighted by molar-refractivity contribution is -1.02. The van der Waals surface area contributed by atoms with E-state index in [1.807, 2.05) is 18.2 Å². The monoisotopic (exact) mass is 425 g/mol. The zero-order chi connectivity index (χ0) is 22.0. The number of ether oxygens (including phenoxy) is 2. The molecule has 2 aliphatic rings. The van der Waals surface area contributed by atoms with E-state index < -0.39 is 0 Å². The van der Waals surface area contributed by atoms with Crippen LogP contribution in [0.15, 0.2) is 42.5 Å². The topological polar surface area (TPSA) is 56.4 Å². The molecule has 1 amide bonds. The van der Waals surface area contributed by atoms with Crippen molar-refractivity contribution in [3.63, 3.8) is 0 Å². The van der Waals surface area contributed by atoms with Crippen LogP contribution in [0, 0.1) is 0 Å². The molecule has 0 spiro atoms. The molecule has 1 saturated heterocycles. The number of amides is 1. The summed E-state index contributed by atoms with van der Waals surface area (Å²) in [5.74, 6) is 1.57. The van der Waals surface area contributed by atoms with E-state index in [2.05, 4.69) is 57.4 Å². The van der Waals surface area contributed by atoms with Gasteiger partial charge in [-0.25, -0.2) is 0 Å². The molecule has 0 aliphatic carbocycles. The maximum atomic E-state index is 12.9. The normalized spacial score (nSPS) is 21.5. The Hall–Kier alpha value is -2.57. The molecular weight excluding hydrogens is 390 g/mol. The molecule has 6 heteroatoms. The number of hydrogen-bond donors (Lipinski definition) is 3. The highest BCUT2D eigenvalue weighted by molar-refractivity contribution is 5.94. The van der Waals surface area contributed by atoms with Crippen molar-refractivity contribution in [3.8, 4) is 11.5 Å². The standard InChI is InChI=1S/C25H33N3O3/c1-25(2,3)20-8-5-18(6-9-20)24(29)26-16-21(28-13-11-27(4)12-14-28)19-7-10-22-23(15-19)31-17-30-22/h5-10,15,21H,11-14,16-17H2,1-4H3,(H,26,29)/p+2/t21-/m0/s1. The molecule has 0 bridgehead atoms. The van der Waals surface area contributed by atoms with Crippen LogP contribution in [0.25, 0.3) is 0 Å². The Morgan fingerprint density at radius 3 is 2.35 bits per heavy atom. The highest BCUT2D eigenvalue weighted by atomic mass is 16.7. The third-order valence-corrected chi connectivity index (χ3v) is 6.52. The van der Waals surface area contributed by atoms with Gasteiger partial charge in [0.2, 0.25) is 6.79 Å². The van der Waals surface area contributed by atoms with Gasteiger partial charge in [0.25, 0.3) is 5.91 Å². The van der Waals surface area contributed by atoms with E-state index in [0.29, 0.717) is 12.1 Å². The van der Waals surface area contributed by atoms with Crippen LogP contribution in [0.5, 0.6) is 11.5 Å². The Bertz CT molecular complexity index is 913. The fraction of sp³-hybridized carbons (Fsp3) is 0.480. The summed E-state index contributed by atoms with van der Waals surface area (Å²) in [7, 11) is 2.25. The van der Waals surface area contributed by atoms with E-state index in [1.165, 1.54) is 16.0 Å². The second-order valence-electron chi connectivity index (χ2n) is 9.82. The zero-order valence-electron chi connectivity index (χ0n) is 19.1. The van der Waals surface area contributed by atoms with Crippen LogP contribution in [-0.4, -0.2) is 52.5 Å². The van der Waals surface area contributed by atoms with E-state index in [-0.39, 0.29) is 24.2 Å². The molecule has 6 nitrogen and oxygen atoms in total. The second kappa shape index (κ2) is 8.89. The van der Waals surface area contributed by atoms with Crippen molar-refractivity contribution < 1.29 is 24.1 Å². The second-order valence-corrected chi connectivity index (χ2v) is 9.82. The van der Waals surface area contributed by atoms with Crippen molar-refractivity contribution in [2.45, 2.75) is 32.2 Å². The number of nitrogens with one attached hydrogen (secondary N) is 3. The molecule has 0 unspecified atom stereocenters. The van der Waals surface area contributed by atoms with Gasteiger partial charge in [0, 0.05) is 11.1 Å². The summed E-state index contributed by atoms with van der Waals surface area (Å²) in [6.07, 6.45) is 0. The number of piperazine rings is 1. The smallest absolute Gasteiger partial charge is 0.251 e. The quantitative estimate of drug-likeness (QED) is 0.658. The third kappa shape index (κ3) is 5.02. The first-order valence-corrected chi connectivity index (χ1v) is 11.3. The van der Waals surface area contributed by atoms with Gasteiger partial charge in [-0.05, 0) is 41.3 Å². The number of benzene rings is 2. The lowest BCUT2D eigenvalue weighted by Gasteiger charge is -2.33. The molecule has 1 atom stereocenters. The number of hydrogen-bond acceptors (Lipinski definition) is 3. The summed E-state index contributed by atoms with van der Waals surface area (Å²) >= 11 is 0. The van der Waals surface area contributed by atoms with Crippen LogP contribution in [0.3, 0.4) is 0 Å². The maximum Gasteiger partial charge on any atom is 0.251 e. The van der Waals surface area contributed by atoms with E-state index in [9.17, 15) is 4.79 Å². The number of carbonyl (C=O) groups is 1. The van der Waals surface area contributed by atoms with Gasteiger partial charge < -0.3 is 24.6 Å². The lowest BCUT2D eigenvalue weighted by Crippen LogP contribution is -3.27. The maximum absolute atomic E-state index is 12.9. The van der Waals surface area contributed by atoms with E-state index in [4.69, 9.17) is 9.47 Å². The Morgan fingerprint density at radius 2 is 1.68 bits per heavy atom. The van der Waals surface area contributed by atoms with E-state index in [1.54, 1.807) is 4.90 Å². The van der Waals surface area contributed by atoms with Gasteiger partial charge in [0.15, 0.2) is 11.5 Å². The fourth-order valence-electron chi connectivity index (χ4n) is 4.39. The van der Waals surface area contributed by atoms with Crippen LogP contribution < -0.4 is 24.6 Å². The van der Waals surface area contributed by atoms with Crippen LogP contribution in [0.4, 0.5) is 0 Å². The minimum Gasteiger partial charge on any atom is -0.454 e. The van der Waals surface area contributed by atoms with Crippen molar-refractivity contribution in [2.75, 3.05) is 46.6 Å². The average Bonchev–Trinajstić information content (AvgIpc) is 3.22. The van der Waals surface area contributed by atoms with Gasteiger partial charge in [0.05, 0.1) is 13.6 Å². The van der Waals surface area contributed by atoms with Crippen molar-refractivity contribution in [3.05, 3.63) is 59.2 Å². The Kier molecular flexibility index (Phi) is 6.21. The summed E-state index contributed by atoms with van der Waals surface area (Å²) in [6.45, 7) is 11.8. The van der Waals surface area contributed by atoms with Crippen molar-refractivity contribution in [2.24, 2.45) is 0 Å². The molecular formula is C25H35N3O3+2. The zero-order valence-corrected chi connectivity index (χ0v) is 19.1. The molecule has 2 aromatic carbocycles. The average molecular weight is 426 g/mol. The Morgan fingerprint density at radius 1 is 1.00 bits per heavy atom. The molecule has 1 fully saturated rings. The third-order valence-electron chi connectivity index (χ3n) is 6.52. The summed E-state index contributed by atoms with van der Waals surface area (Å²) in [5.41, 5.74) is 3.19. The number of likely N-dealkylation sites (N-methyl/N-ethyl adjacent to an activating group) is 1. The van der Waals surface area contributed by atoms with Crippen molar-refractivity contribution in [1.29, 1.82) is 0 Å². The molecule has 2 heterocycles. The highest BCUT2D eigenvalue weighted by Gasteiger charge is 2.31. The van der Waals surface area contributed by atoms with Gasteiger partial charge in [0.1, 0.15) is 32.2 Å². The van der Waals surface area contributed by atoms with Gasteiger partial charge in [-0.3, -0.25) is 4.79 Å². The fourth-order valence-corrected chi connectivity index (χ4v) is 4.39. The van der Waals surface area contributed by atoms with Gasteiger partial charge in [-0.2, -0.15) is 0 Å². The van der Waals surface area contributed by atoms with E-state index >= 15 is 0 Å². The molecule has 166 valence electrons. The molecule has 31 heavy (non-hydrogen) atoms. The van der Waals surface area contributed by atoms with Crippen molar-refractivity contribution >= 4 is 5.91 Å². The van der Waals surface area contributed by atoms with Crippen LogP contribution >= 0.6 is 0 Å². The summed E-state index contributed by atoms with van der Waals surface area (Å²) in [6, 6.07) is 14.3. The predicted octanol–water partition coefficient (Wildman–Crippen LogP) is 0.597. The number of fused-ring (bicyclic) bond motifs is 1. The summed E-state index contributed by atoms with van der Waals surface area (Å²) in [5, 5.41) is 3.19. The Balaban J connectivity index is 1.49. The van der Waals surface area contributed by atoms with Crippen LogP contribution in [0.2, 0.25) is 0 Å². The van der Waals surface area contributed by atoms with Crippen LogP contribution in [-0.2, 0) is 5.41 Å². The SMILES string of the molecule is C[NH+]1CC[NH+]([C@@H](CNC(=O)c2ccc(C(C)(C)C)cc2)c2ccc3c(c2)OCO3)CC1.